The molecule has 1 aliphatic carbocycles. The molecule has 0 heterocycles. The van der Waals surface area contributed by atoms with E-state index in [1.54, 1.807) is 0 Å². The van der Waals surface area contributed by atoms with Gasteiger partial charge >= 0.3 is 0 Å². The zero-order chi connectivity index (χ0) is 10.3. The van der Waals surface area contributed by atoms with Crippen molar-refractivity contribution in [1.29, 1.82) is 0 Å². The van der Waals surface area contributed by atoms with Crippen molar-refractivity contribution in [3.63, 3.8) is 0 Å². The zero-order valence-corrected chi connectivity index (χ0v) is 8.55. The molecule has 14 heavy (non-hydrogen) atoms. The summed E-state index contributed by atoms with van der Waals surface area (Å²) >= 11 is 0. The minimum absolute atomic E-state index is 0.0855. The van der Waals surface area contributed by atoms with Gasteiger partial charge in [-0.25, -0.2) is 4.39 Å². The number of halogens is 1. The Morgan fingerprint density at radius 1 is 1.43 bits per heavy atom. The van der Waals surface area contributed by atoms with Crippen molar-refractivity contribution in [2.24, 2.45) is 0 Å². The van der Waals surface area contributed by atoms with Gasteiger partial charge in [0.2, 0.25) is 0 Å². The third kappa shape index (κ3) is 1.34. The van der Waals surface area contributed by atoms with E-state index in [0.717, 1.165) is 24.0 Å². The van der Waals surface area contributed by atoms with E-state index in [0.29, 0.717) is 0 Å². The van der Waals surface area contributed by atoms with E-state index in [-0.39, 0.29) is 17.3 Å². The molecule has 1 saturated carbocycles. The fourth-order valence-corrected chi connectivity index (χ4v) is 2.23. The van der Waals surface area contributed by atoms with Crippen LogP contribution >= 0.6 is 0 Å². The number of hydrogen-bond acceptors (Lipinski definition) is 1. The molecule has 1 nitrogen and oxygen atoms in total. The van der Waals surface area contributed by atoms with E-state index < -0.39 is 0 Å². The van der Waals surface area contributed by atoms with Crippen LogP contribution in [0.3, 0.4) is 0 Å². The van der Waals surface area contributed by atoms with E-state index in [9.17, 15) is 9.50 Å². The van der Waals surface area contributed by atoms with Crippen LogP contribution in [0.4, 0.5) is 4.39 Å². The van der Waals surface area contributed by atoms with Gasteiger partial charge in [0.1, 0.15) is 5.82 Å². The van der Waals surface area contributed by atoms with Crippen molar-refractivity contribution >= 4 is 0 Å². The van der Waals surface area contributed by atoms with E-state index >= 15 is 0 Å². The van der Waals surface area contributed by atoms with Crippen LogP contribution < -0.4 is 0 Å². The molecular weight excluding hydrogens is 179 g/mol. The predicted molar refractivity (Wildman–Crippen MR) is 53.7 cm³/mol. The lowest BCUT2D eigenvalue weighted by Gasteiger charge is -2.21. The summed E-state index contributed by atoms with van der Waals surface area (Å²) in [5, 5.41) is 9.70. The highest BCUT2D eigenvalue weighted by Crippen LogP contribution is 2.51. The molecule has 0 saturated heterocycles. The number of aliphatic hydroxyl groups excluding tert-OH is 1. The first kappa shape index (κ1) is 9.66. The van der Waals surface area contributed by atoms with Gasteiger partial charge in [0, 0.05) is 5.41 Å². The molecule has 1 aromatic carbocycles. The van der Waals surface area contributed by atoms with Crippen LogP contribution in [0.25, 0.3) is 0 Å². The molecule has 2 heteroatoms. The molecule has 0 bridgehead atoms. The Balaban J connectivity index is 2.42. The van der Waals surface area contributed by atoms with E-state index in [4.69, 9.17) is 0 Å². The van der Waals surface area contributed by atoms with Gasteiger partial charge in [-0.1, -0.05) is 6.07 Å². The largest absolute Gasteiger partial charge is 0.392 e. The SMILES string of the molecule is Cc1cc(F)ccc1C1(C(C)O)CC1. The van der Waals surface area contributed by atoms with Crippen molar-refractivity contribution < 1.29 is 9.50 Å². The van der Waals surface area contributed by atoms with Gasteiger partial charge in [-0.2, -0.15) is 0 Å². The molecule has 0 aliphatic heterocycles. The Kier molecular flexibility index (Phi) is 2.11. The first-order valence-electron chi connectivity index (χ1n) is 5.01. The molecular formula is C12H15FO. The van der Waals surface area contributed by atoms with Gasteiger partial charge in [-0.15, -0.1) is 0 Å². The monoisotopic (exact) mass is 194 g/mol. The van der Waals surface area contributed by atoms with Crippen LogP contribution in [0.15, 0.2) is 18.2 Å². The maximum absolute atomic E-state index is 12.9. The minimum Gasteiger partial charge on any atom is -0.392 e. The average Bonchev–Trinajstić information content (AvgIpc) is 2.84. The number of hydrogen-bond donors (Lipinski definition) is 1. The molecule has 0 amide bonds. The highest BCUT2D eigenvalue weighted by Gasteiger charge is 2.48. The Bertz CT molecular complexity index is 353. The molecule has 1 fully saturated rings. The van der Waals surface area contributed by atoms with Gasteiger partial charge in [-0.3, -0.25) is 0 Å². The lowest BCUT2D eigenvalue weighted by Crippen LogP contribution is -2.23. The second kappa shape index (κ2) is 3.06. The van der Waals surface area contributed by atoms with Crippen LogP contribution in [-0.2, 0) is 5.41 Å². The number of aryl methyl sites for hydroxylation is 1. The number of benzene rings is 1. The summed E-state index contributed by atoms with van der Waals surface area (Å²) in [6.07, 6.45) is 1.68. The summed E-state index contributed by atoms with van der Waals surface area (Å²) in [6, 6.07) is 4.83. The predicted octanol–water partition coefficient (Wildman–Crippen LogP) is 2.55. The van der Waals surface area contributed by atoms with Gasteiger partial charge in [0.05, 0.1) is 6.10 Å². The molecule has 0 radical (unpaired) electrons. The minimum atomic E-state index is -0.341. The van der Waals surface area contributed by atoms with Crippen LogP contribution in [0.1, 0.15) is 30.9 Å². The van der Waals surface area contributed by atoms with Crippen LogP contribution in [0.5, 0.6) is 0 Å². The molecule has 76 valence electrons. The molecule has 1 aliphatic rings. The van der Waals surface area contributed by atoms with Crippen molar-refractivity contribution in [2.75, 3.05) is 0 Å². The highest BCUT2D eigenvalue weighted by atomic mass is 19.1. The fourth-order valence-electron chi connectivity index (χ4n) is 2.23. The molecule has 2 rings (SSSR count). The number of rotatable bonds is 2. The topological polar surface area (TPSA) is 20.2 Å². The third-order valence-corrected chi connectivity index (χ3v) is 3.31. The van der Waals surface area contributed by atoms with Gasteiger partial charge in [-0.05, 0) is 49.9 Å². The van der Waals surface area contributed by atoms with Crippen LogP contribution in [0, 0.1) is 12.7 Å². The normalized spacial score (nSPS) is 20.6. The smallest absolute Gasteiger partial charge is 0.123 e. The lowest BCUT2D eigenvalue weighted by molar-refractivity contribution is 0.150. The van der Waals surface area contributed by atoms with Gasteiger partial charge < -0.3 is 5.11 Å². The van der Waals surface area contributed by atoms with Crippen LogP contribution in [0.2, 0.25) is 0 Å². The molecule has 1 N–H and O–H groups in total. The second-order valence-electron chi connectivity index (χ2n) is 4.29. The first-order valence-corrected chi connectivity index (χ1v) is 5.01. The van der Waals surface area contributed by atoms with E-state index in [1.807, 2.05) is 19.9 Å². The second-order valence-corrected chi connectivity index (χ2v) is 4.29. The molecule has 1 unspecified atom stereocenters. The zero-order valence-electron chi connectivity index (χ0n) is 8.55. The first-order chi connectivity index (χ1) is 6.56. The Morgan fingerprint density at radius 3 is 2.50 bits per heavy atom. The summed E-state index contributed by atoms with van der Waals surface area (Å²) in [5.41, 5.74) is 1.97. The maximum atomic E-state index is 12.9. The lowest BCUT2D eigenvalue weighted by atomic mass is 9.88. The van der Waals surface area contributed by atoms with Crippen molar-refractivity contribution in [3.05, 3.63) is 35.1 Å². The van der Waals surface area contributed by atoms with Gasteiger partial charge in [0.15, 0.2) is 0 Å². The third-order valence-electron chi connectivity index (χ3n) is 3.31. The quantitative estimate of drug-likeness (QED) is 0.767. The van der Waals surface area contributed by atoms with Gasteiger partial charge in [0.25, 0.3) is 0 Å². The summed E-state index contributed by atoms with van der Waals surface area (Å²) in [7, 11) is 0. The maximum Gasteiger partial charge on any atom is 0.123 e. The summed E-state index contributed by atoms with van der Waals surface area (Å²) in [5.74, 6) is -0.201. The Hall–Kier alpha value is -0.890. The van der Waals surface area contributed by atoms with Crippen molar-refractivity contribution in [3.8, 4) is 0 Å². The average molecular weight is 194 g/mol. The summed E-state index contributed by atoms with van der Waals surface area (Å²) < 4.78 is 12.9. The van der Waals surface area contributed by atoms with Crippen molar-refractivity contribution in [1.82, 2.24) is 0 Å². The molecule has 0 spiro atoms. The summed E-state index contributed by atoms with van der Waals surface area (Å²) in [4.78, 5) is 0. The Morgan fingerprint density at radius 2 is 2.07 bits per heavy atom. The van der Waals surface area contributed by atoms with E-state index in [2.05, 4.69) is 0 Å². The highest BCUT2D eigenvalue weighted by molar-refractivity contribution is 5.39. The summed E-state index contributed by atoms with van der Waals surface area (Å²) in [6.45, 7) is 3.72. The molecule has 1 aromatic rings. The van der Waals surface area contributed by atoms with Crippen LogP contribution in [-0.4, -0.2) is 11.2 Å². The molecule has 1 atom stereocenters. The fraction of sp³-hybridized carbons (Fsp3) is 0.500. The van der Waals surface area contributed by atoms with E-state index in [1.165, 1.54) is 12.1 Å². The standard InChI is InChI=1S/C12H15FO/c1-8-7-10(13)3-4-11(8)12(5-6-12)9(2)14/h3-4,7,9,14H,5-6H2,1-2H3. The molecule has 0 aromatic heterocycles. The van der Waals surface area contributed by atoms with Crippen molar-refractivity contribution in [2.45, 2.75) is 38.2 Å². The Labute approximate surface area is 83.6 Å². The number of aliphatic hydroxyl groups is 1.